The van der Waals surface area contributed by atoms with Gasteiger partial charge in [0.15, 0.2) is 0 Å². The van der Waals surface area contributed by atoms with Crippen molar-refractivity contribution < 1.29 is 0 Å². The number of rotatable bonds is 7. The molecule has 1 rings (SSSR count). The summed E-state index contributed by atoms with van der Waals surface area (Å²) in [6.45, 7) is 13.7. The third kappa shape index (κ3) is 3.23. The standard InChI is InChI=1S/C15H32N2S/c1-6-14(7-2)17(8-12(3)4)15(10-16)11-18-9-13(15)5/h12-14H,6-11,16H2,1-5H3. The lowest BCUT2D eigenvalue weighted by Crippen LogP contribution is -2.62. The molecule has 0 aromatic heterocycles. The van der Waals surface area contributed by atoms with Crippen LogP contribution in [0, 0.1) is 11.8 Å². The highest BCUT2D eigenvalue weighted by Gasteiger charge is 2.46. The van der Waals surface area contributed by atoms with E-state index in [1.807, 2.05) is 0 Å². The maximum Gasteiger partial charge on any atom is 0.0458 e. The van der Waals surface area contributed by atoms with Crippen molar-refractivity contribution in [2.75, 3.05) is 24.6 Å². The fourth-order valence-corrected chi connectivity index (χ4v) is 4.97. The molecule has 0 spiro atoms. The van der Waals surface area contributed by atoms with Crippen LogP contribution in [0.1, 0.15) is 47.5 Å². The summed E-state index contributed by atoms with van der Waals surface area (Å²) in [6.07, 6.45) is 2.48. The molecule has 0 aromatic carbocycles. The van der Waals surface area contributed by atoms with Gasteiger partial charge in [-0.05, 0) is 30.4 Å². The molecule has 2 N–H and O–H groups in total. The maximum absolute atomic E-state index is 6.23. The van der Waals surface area contributed by atoms with Gasteiger partial charge < -0.3 is 5.73 Å². The fraction of sp³-hybridized carbons (Fsp3) is 1.00. The van der Waals surface area contributed by atoms with Crippen molar-refractivity contribution in [3.05, 3.63) is 0 Å². The first-order valence-electron chi connectivity index (χ1n) is 7.56. The van der Waals surface area contributed by atoms with Crippen LogP contribution in [-0.4, -0.2) is 41.1 Å². The molecule has 1 saturated heterocycles. The van der Waals surface area contributed by atoms with Crippen LogP contribution in [0.25, 0.3) is 0 Å². The summed E-state index contributed by atoms with van der Waals surface area (Å²) in [7, 11) is 0. The van der Waals surface area contributed by atoms with E-state index in [0.29, 0.717) is 17.9 Å². The minimum atomic E-state index is 0.242. The second-order valence-corrected chi connectivity index (χ2v) is 7.27. The molecule has 2 nitrogen and oxygen atoms in total. The Kier molecular flexibility index (Phi) is 6.49. The molecule has 0 aliphatic carbocycles. The smallest absolute Gasteiger partial charge is 0.0458 e. The normalized spacial score (nSPS) is 28.8. The molecule has 2 atom stereocenters. The molecule has 1 aliphatic rings. The molecule has 3 heteroatoms. The number of hydrogen-bond donors (Lipinski definition) is 1. The van der Waals surface area contributed by atoms with Crippen LogP contribution in [-0.2, 0) is 0 Å². The average molecular weight is 273 g/mol. The number of nitrogens with zero attached hydrogens (tertiary/aromatic N) is 1. The van der Waals surface area contributed by atoms with E-state index in [-0.39, 0.29) is 5.54 Å². The van der Waals surface area contributed by atoms with Crippen molar-refractivity contribution in [2.45, 2.75) is 59.0 Å². The van der Waals surface area contributed by atoms with Crippen molar-refractivity contribution in [2.24, 2.45) is 17.6 Å². The molecule has 1 heterocycles. The summed E-state index contributed by atoms with van der Waals surface area (Å²) < 4.78 is 0. The van der Waals surface area contributed by atoms with Gasteiger partial charge in [0.1, 0.15) is 0 Å². The van der Waals surface area contributed by atoms with E-state index in [1.165, 1.54) is 30.9 Å². The molecule has 2 unspecified atom stereocenters. The number of thioether (sulfide) groups is 1. The van der Waals surface area contributed by atoms with Gasteiger partial charge in [0.05, 0.1) is 0 Å². The Morgan fingerprint density at radius 3 is 2.28 bits per heavy atom. The highest BCUT2D eigenvalue weighted by atomic mass is 32.2. The summed E-state index contributed by atoms with van der Waals surface area (Å²) in [5.74, 6) is 3.92. The van der Waals surface area contributed by atoms with E-state index in [4.69, 9.17) is 5.73 Å². The Hall–Kier alpha value is 0.270. The molecular weight excluding hydrogens is 240 g/mol. The van der Waals surface area contributed by atoms with Gasteiger partial charge in [0, 0.05) is 30.4 Å². The molecule has 0 radical (unpaired) electrons. The van der Waals surface area contributed by atoms with E-state index in [1.54, 1.807) is 0 Å². The minimum Gasteiger partial charge on any atom is -0.329 e. The predicted octanol–water partition coefficient (Wildman–Crippen LogP) is 3.21. The summed E-state index contributed by atoms with van der Waals surface area (Å²) >= 11 is 2.09. The Morgan fingerprint density at radius 1 is 1.33 bits per heavy atom. The van der Waals surface area contributed by atoms with E-state index in [0.717, 1.165) is 6.54 Å². The molecule has 1 aliphatic heterocycles. The first-order chi connectivity index (χ1) is 8.51. The van der Waals surface area contributed by atoms with Crippen LogP contribution < -0.4 is 5.73 Å². The Balaban J connectivity index is 2.98. The van der Waals surface area contributed by atoms with Gasteiger partial charge in [-0.1, -0.05) is 34.6 Å². The SMILES string of the molecule is CCC(CC)N(CC(C)C)C1(CN)CSCC1C. The summed E-state index contributed by atoms with van der Waals surface area (Å²) in [4.78, 5) is 2.77. The van der Waals surface area contributed by atoms with Gasteiger partial charge in [-0.3, -0.25) is 4.90 Å². The molecule has 108 valence electrons. The first-order valence-corrected chi connectivity index (χ1v) is 8.71. The number of nitrogens with two attached hydrogens (primary N) is 1. The van der Waals surface area contributed by atoms with Gasteiger partial charge in [0.25, 0.3) is 0 Å². The van der Waals surface area contributed by atoms with E-state index in [2.05, 4.69) is 51.3 Å². The fourth-order valence-electron chi connectivity index (χ4n) is 3.27. The van der Waals surface area contributed by atoms with Crippen LogP contribution in [0.15, 0.2) is 0 Å². The zero-order valence-corrected chi connectivity index (χ0v) is 13.7. The predicted molar refractivity (Wildman–Crippen MR) is 84.2 cm³/mol. The molecule has 0 bridgehead atoms. The lowest BCUT2D eigenvalue weighted by Gasteiger charge is -2.48. The van der Waals surface area contributed by atoms with Gasteiger partial charge in [0.2, 0.25) is 0 Å². The average Bonchev–Trinajstić information content (AvgIpc) is 2.71. The highest BCUT2D eigenvalue weighted by molar-refractivity contribution is 7.99. The van der Waals surface area contributed by atoms with Crippen LogP contribution in [0.2, 0.25) is 0 Å². The highest BCUT2D eigenvalue weighted by Crippen LogP contribution is 2.40. The van der Waals surface area contributed by atoms with Gasteiger partial charge >= 0.3 is 0 Å². The minimum absolute atomic E-state index is 0.242. The van der Waals surface area contributed by atoms with Crippen LogP contribution in [0.4, 0.5) is 0 Å². The molecule has 0 saturated carbocycles. The Morgan fingerprint density at radius 2 is 1.94 bits per heavy atom. The monoisotopic (exact) mass is 272 g/mol. The largest absolute Gasteiger partial charge is 0.329 e. The lowest BCUT2D eigenvalue weighted by atomic mass is 9.84. The summed E-state index contributed by atoms with van der Waals surface area (Å²) in [5, 5.41) is 0. The van der Waals surface area contributed by atoms with Crippen molar-refractivity contribution in [3.8, 4) is 0 Å². The lowest BCUT2D eigenvalue weighted by molar-refractivity contribution is 0.0222. The van der Waals surface area contributed by atoms with Crippen LogP contribution in [0.3, 0.4) is 0 Å². The molecule has 18 heavy (non-hydrogen) atoms. The molecule has 1 fully saturated rings. The van der Waals surface area contributed by atoms with E-state index >= 15 is 0 Å². The van der Waals surface area contributed by atoms with Gasteiger partial charge in [-0.25, -0.2) is 0 Å². The quantitative estimate of drug-likeness (QED) is 0.771. The maximum atomic E-state index is 6.23. The summed E-state index contributed by atoms with van der Waals surface area (Å²) in [5.41, 5.74) is 6.47. The van der Waals surface area contributed by atoms with Gasteiger partial charge in [-0.15, -0.1) is 0 Å². The topological polar surface area (TPSA) is 29.3 Å². The summed E-state index contributed by atoms with van der Waals surface area (Å²) in [6, 6.07) is 0.692. The first kappa shape index (κ1) is 16.3. The Labute approximate surface area is 118 Å². The van der Waals surface area contributed by atoms with Crippen molar-refractivity contribution >= 4 is 11.8 Å². The van der Waals surface area contributed by atoms with E-state index < -0.39 is 0 Å². The molecule has 0 amide bonds. The molecule has 0 aromatic rings. The third-order valence-electron chi connectivity index (χ3n) is 4.51. The third-order valence-corrected chi connectivity index (χ3v) is 5.95. The van der Waals surface area contributed by atoms with Crippen molar-refractivity contribution in [1.29, 1.82) is 0 Å². The van der Waals surface area contributed by atoms with Gasteiger partial charge in [-0.2, -0.15) is 11.8 Å². The zero-order chi connectivity index (χ0) is 13.8. The van der Waals surface area contributed by atoms with E-state index in [9.17, 15) is 0 Å². The van der Waals surface area contributed by atoms with Crippen molar-refractivity contribution in [3.63, 3.8) is 0 Å². The Bertz CT molecular complexity index is 241. The van der Waals surface area contributed by atoms with Crippen molar-refractivity contribution in [1.82, 2.24) is 4.90 Å². The van der Waals surface area contributed by atoms with Crippen LogP contribution >= 0.6 is 11.8 Å². The second-order valence-electron chi connectivity index (χ2n) is 6.24. The molecular formula is C15H32N2S. The zero-order valence-electron chi connectivity index (χ0n) is 12.9. The second kappa shape index (κ2) is 7.16. The number of hydrogen-bond acceptors (Lipinski definition) is 3. The van der Waals surface area contributed by atoms with Crippen LogP contribution in [0.5, 0.6) is 0 Å².